The van der Waals surface area contributed by atoms with Gasteiger partial charge in [0.2, 0.25) is 0 Å². The number of hydrogen-bond donors (Lipinski definition) is 0. The van der Waals surface area contributed by atoms with Crippen molar-refractivity contribution in [3.05, 3.63) is 42.2 Å². The Balaban J connectivity index is 1.68. The van der Waals surface area contributed by atoms with Crippen LogP contribution in [-0.4, -0.2) is 29.8 Å². The van der Waals surface area contributed by atoms with Crippen molar-refractivity contribution in [2.45, 2.75) is 78.6 Å². The molecule has 4 heteroatoms. The van der Waals surface area contributed by atoms with Crippen molar-refractivity contribution in [3.63, 3.8) is 0 Å². The van der Waals surface area contributed by atoms with Crippen molar-refractivity contribution < 1.29 is 9.47 Å². The van der Waals surface area contributed by atoms with Crippen molar-refractivity contribution in [1.29, 1.82) is 0 Å². The van der Waals surface area contributed by atoms with Crippen molar-refractivity contribution >= 4 is 0 Å². The molecule has 2 rings (SSSR count). The quantitative estimate of drug-likeness (QED) is 0.282. The van der Waals surface area contributed by atoms with Gasteiger partial charge in [-0.25, -0.2) is 9.97 Å². The molecule has 0 bridgehead atoms. The van der Waals surface area contributed by atoms with Gasteiger partial charge in [-0.05, 0) is 67.9 Å². The van der Waals surface area contributed by atoms with Gasteiger partial charge in [0.25, 0.3) is 0 Å². The molecule has 1 atom stereocenters. The summed E-state index contributed by atoms with van der Waals surface area (Å²) >= 11 is 0. The predicted octanol–water partition coefficient (Wildman–Crippen LogP) is 6.88. The lowest BCUT2D eigenvalue weighted by Gasteiger charge is -2.09. The molecule has 4 nitrogen and oxygen atoms in total. The van der Waals surface area contributed by atoms with Crippen molar-refractivity contribution in [1.82, 2.24) is 9.97 Å². The number of hydrogen-bond acceptors (Lipinski definition) is 4. The maximum atomic E-state index is 5.86. The number of rotatable bonds is 16. The summed E-state index contributed by atoms with van der Waals surface area (Å²) in [4.78, 5) is 9.07. The fourth-order valence-electron chi connectivity index (χ4n) is 3.26. The van der Waals surface area contributed by atoms with Crippen molar-refractivity contribution in [3.8, 4) is 17.1 Å². The van der Waals surface area contributed by atoms with E-state index >= 15 is 0 Å². The van der Waals surface area contributed by atoms with Crippen LogP contribution in [0.4, 0.5) is 0 Å². The third-order valence-corrected chi connectivity index (χ3v) is 5.52. The zero-order chi connectivity index (χ0) is 21.4. The molecule has 0 aliphatic carbocycles. The first-order valence-corrected chi connectivity index (χ1v) is 11.8. The van der Waals surface area contributed by atoms with E-state index in [0.717, 1.165) is 74.1 Å². The highest BCUT2D eigenvalue weighted by Gasteiger charge is 2.04. The fraction of sp³-hybridized carbons (Fsp3) is 0.615. The lowest BCUT2D eigenvalue weighted by molar-refractivity contribution is 0.128. The van der Waals surface area contributed by atoms with Crippen LogP contribution in [0, 0.1) is 5.92 Å². The van der Waals surface area contributed by atoms with Gasteiger partial charge >= 0.3 is 0 Å². The number of ether oxygens (including phenoxy) is 2. The van der Waals surface area contributed by atoms with E-state index in [0.29, 0.717) is 0 Å². The second-order valence-electron chi connectivity index (χ2n) is 8.22. The third-order valence-electron chi connectivity index (χ3n) is 5.52. The van der Waals surface area contributed by atoms with Gasteiger partial charge in [0, 0.05) is 31.2 Å². The SMILES string of the molecule is CCCCCOCCCc1cnc(-c2ccc(OCCCCC(C)CC)cc2)nc1. The first-order chi connectivity index (χ1) is 14.7. The molecule has 1 aromatic carbocycles. The maximum Gasteiger partial charge on any atom is 0.159 e. The van der Waals surface area contributed by atoms with Crippen LogP contribution >= 0.6 is 0 Å². The highest BCUT2D eigenvalue weighted by atomic mass is 16.5. The average Bonchev–Trinajstić information content (AvgIpc) is 2.79. The molecule has 30 heavy (non-hydrogen) atoms. The van der Waals surface area contributed by atoms with Crippen LogP contribution in [-0.2, 0) is 11.2 Å². The summed E-state index contributed by atoms with van der Waals surface area (Å²) in [6.07, 6.45) is 14.4. The van der Waals surface area contributed by atoms with E-state index in [1.54, 1.807) is 0 Å². The van der Waals surface area contributed by atoms with Crippen LogP contribution in [0.1, 0.15) is 77.7 Å². The molecule has 0 saturated carbocycles. The topological polar surface area (TPSA) is 44.2 Å². The Morgan fingerprint density at radius 1 is 0.833 bits per heavy atom. The van der Waals surface area contributed by atoms with E-state index in [1.807, 2.05) is 36.7 Å². The summed E-state index contributed by atoms with van der Waals surface area (Å²) in [5.41, 5.74) is 2.18. The highest BCUT2D eigenvalue weighted by molar-refractivity contribution is 5.55. The molecule has 0 amide bonds. The summed E-state index contributed by atoms with van der Waals surface area (Å²) in [5.74, 6) is 2.49. The molecule has 1 aromatic heterocycles. The Morgan fingerprint density at radius 2 is 1.53 bits per heavy atom. The van der Waals surface area contributed by atoms with E-state index in [2.05, 4.69) is 30.7 Å². The molecule has 1 unspecified atom stereocenters. The summed E-state index contributed by atoms with van der Waals surface area (Å²) in [6, 6.07) is 8.09. The van der Waals surface area contributed by atoms with E-state index in [9.17, 15) is 0 Å². The highest BCUT2D eigenvalue weighted by Crippen LogP contribution is 2.20. The Labute approximate surface area is 183 Å². The first-order valence-electron chi connectivity index (χ1n) is 11.8. The molecular weight excluding hydrogens is 372 g/mol. The zero-order valence-corrected chi connectivity index (χ0v) is 19.2. The van der Waals surface area contributed by atoms with Crippen LogP contribution < -0.4 is 4.74 Å². The van der Waals surface area contributed by atoms with E-state index in [4.69, 9.17) is 9.47 Å². The number of benzene rings is 1. The zero-order valence-electron chi connectivity index (χ0n) is 19.2. The van der Waals surface area contributed by atoms with E-state index in [-0.39, 0.29) is 0 Å². The third kappa shape index (κ3) is 9.71. The molecule has 0 N–H and O–H groups in total. The van der Waals surface area contributed by atoms with Crippen LogP contribution in [0.2, 0.25) is 0 Å². The molecule has 1 heterocycles. The number of unbranched alkanes of at least 4 members (excludes halogenated alkanes) is 3. The van der Waals surface area contributed by atoms with Gasteiger partial charge in [0.05, 0.1) is 6.61 Å². The molecule has 166 valence electrons. The molecule has 0 spiro atoms. The number of nitrogens with zero attached hydrogens (tertiary/aromatic N) is 2. The molecule has 0 fully saturated rings. The first kappa shape index (κ1) is 24.3. The van der Waals surface area contributed by atoms with E-state index in [1.165, 1.54) is 32.1 Å². The van der Waals surface area contributed by atoms with Gasteiger partial charge < -0.3 is 9.47 Å². The molecular formula is C26H40N2O2. The summed E-state index contributed by atoms with van der Waals surface area (Å²) in [5, 5.41) is 0. The molecule has 0 radical (unpaired) electrons. The van der Waals surface area contributed by atoms with Crippen LogP contribution in [0.15, 0.2) is 36.7 Å². The lowest BCUT2D eigenvalue weighted by atomic mass is 10.0. The van der Waals surface area contributed by atoms with Crippen LogP contribution in [0.3, 0.4) is 0 Å². The Bertz CT molecular complexity index is 670. The largest absolute Gasteiger partial charge is 0.494 e. The van der Waals surface area contributed by atoms with Crippen molar-refractivity contribution in [2.75, 3.05) is 19.8 Å². The van der Waals surface area contributed by atoms with Gasteiger partial charge in [-0.2, -0.15) is 0 Å². The molecule has 2 aromatic rings. The van der Waals surface area contributed by atoms with Crippen LogP contribution in [0.5, 0.6) is 5.75 Å². The Kier molecular flexibility index (Phi) is 12.1. The van der Waals surface area contributed by atoms with Gasteiger partial charge in [-0.15, -0.1) is 0 Å². The smallest absolute Gasteiger partial charge is 0.159 e. The molecule has 0 saturated heterocycles. The van der Waals surface area contributed by atoms with Gasteiger partial charge in [0.1, 0.15) is 5.75 Å². The monoisotopic (exact) mass is 412 g/mol. The summed E-state index contributed by atoms with van der Waals surface area (Å²) in [6.45, 7) is 9.25. The number of aromatic nitrogens is 2. The Morgan fingerprint density at radius 3 is 2.23 bits per heavy atom. The normalized spacial score (nSPS) is 12.1. The molecule has 0 aliphatic rings. The predicted molar refractivity (Wildman–Crippen MR) is 125 cm³/mol. The summed E-state index contributed by atoms with van der Waals surface area (Å²) in [7, 11) is 0. The summed E-state index contributed by atoms with van der Waals surface area (Å²) < 4.78 is 11.5. The van der Waals surface area contributed by atoms with Crippen molar-refractivity contribution in [2.24, 2.45) is 5.92 Å². The Hall–Kier alpha value is -1.94. The fourth-order valence-corrected chi connectivity index (χ4v) is 3.26. The average molecular weight is 413 g/mol. The van der Waals surface area contributed by atoms with Crippen LogP contribution in [0.25, 0.3) is 11.4 Å². The maximum absolute atomic E-state index is 5.86. The minimum atomic E-state index is 0.759. The van der Waals surface area contributed by atoms with Gasteiger partial charge in [-0.1, -0.05) is 46.5 Å². The minimum Gasteiger partial charge on any atom is -0.494 e. The standard InChI is InChI=1S/C26H40N2O2/c1-4-6-8-17-29-18-10-12-23-20-27-26(28-21-23)24-13-15-25(16-14-24)30-19-9-7-11-22(3)5-2/h13-16,20-22H,4-12,17-19H2,1-3H3. The van der Waals surface area contributed by atoms with Gasteiger partial charge in [0.15, 0.2) is 5.82 Å². The minimum absolute atomic E-state index is 0.759. The van der Waals surface area contributed by atoms with Gasteiger partial charge in [-0.3, -0.25) is 0 Å². The second-order valence-corrected chi connectivity index (χ2v) is 8.22. The lowest BCUT2D eigenvalue weighted by Crippen LogP contribution is -2.00. The second kappa shape index (κ2) is 15.0. The molecule has 0 aliphatic heterocycles. The number of aryl methyl sites for hydroxylation is 1. The van der Waals surface area contributed by atoms with E-state index < -0.39 is 0 Å².